The van der Waals surface area contributed by atoms with Crippen LogP contribution in [0.1, 0.15) is 12.0 Å². The molecule has 2 aromatic rings. The molecule has 5 nitrogen and oxygen atoms in total. The van der Waals surface area contributed by atoms with Gasteiger partial charge in [-0.1, -0.05) is 30.3 Å². The molecule has 2 aliphatic heterocycles. The summed E-state index contributed by atoms with van der Waals surface area (Å²) in [5.41, 5.74) is 2.78. The maximum atomic E-state index is 13.0. The van der Waals surface area contributed by atoms with Crippen LogP contribution in [0.2, 0.25) is 0 Å². The van der Waals surface area contributed by atoms with E-state index < -0.39 is 21.5 Å². The summed E-state index contributed by atoms with van der Waals surface area (Å²) < 4.78 is 37.6. The maximum Gasteiger partial charge on any atom is 2.00 e. The Kier molecular flexibility index (Phi) is 8.64. The summed E-state index contributed by atoms with van der Waals surface area (Å²) in [7, 11) is -3.88. The molecular formula is C28H24FeO5S+2. The molecule has 6 rings (SSSR count). The predicted octanol–water partition coefficient (Wildman–Crippen LogP) is 4.52. The van der Waals surface area contributed by atoms with Gasteiger partial charge in [0.05, 0.1) is 6.10 Å². The van der Waals surface area contributed by atoms with Crippen LogP contribution >= 0.6 is 0 Å². The van der Waals surface area contributed by atoms with Crippen molar-refractivity contribution in [1.82, 2.24) is 0 Å². The first kappa shape index (κ1) is 26.3. The van der Waals surface area contributed by atoms with Crippen LogP contribution in [0.5, 0.6) is 11.5 Å². The molecular weight excluding hydrogens is 504 g/mol. The van der Waals surface area contributed by atoms with E-state index in [1.807, 2.05) is 69.9 Å². The molecule has 2 aromatic carbocycles. The Morgan fingerprint density at radius 1 is 0.800 bits per heavy atom. The summed E-state index contributed by atoms with van der Waals surface area (Å²) in [5, 5.41) is 8.85. The van der Waals surface area contributed by atoms with Crippen molar-refractivity contribution >= 4 is 15.7 Å². The quantitative estimate of drug-likeness (QED) is 0.457. The molecule has 35 heavy (non-hydrogen) atoms. The van der Waals surface area contributed by atoms with E-state index in [2.05, 4.69) is 0 Å². The third kappa shape index (κ3) is 5.80. The predicted molar refractivity (Wildman–Crippen MR) is 130 cm³/mol. The Morgan fingerprint density at radius 3 is 2.00 bits per heavy atom. The van der Waals surface area contributed by atoms with Crippen LogP contribution in [-0.4, -0.2) is 31.0 Å². The van der Waals surface area contributed by atoms with E-state index in [1.165, 1.54) is 0 Å². The van der Waals surface area contributed by atoms with Crippen LogP contribution in [0.15, 0.2) is 60.2 Å². The molecule has 0 amide bonds. The van der Waals surface area contributed by atoms with Crippen molar-refractivity contribution in [3.05, 3.63) is 129 Å². The second kappa shape index (κ2) is 11.5. The van der Waals surface area contributed by atoms with Gasteiger partial charge >= 0.3 is 27.2 Å². The summed E-state index contributed by atoms with van der Waals surface area (Å²) in [4.78, 5) is 0. The molecule has 3 atom stereocenters. The van der Waals surface area contributed by atoms with Gasteiger partial charge in [-0.15, -0.1) is 0 Å². The zero-order chi connectivity index (χ0) is 23.5. The molecule has 7 heteroatoms. The molecule has 178 valence electrons. The van der Waals surface area contributed by atoms with Gasteiger partial charge in [-0.05, 0) is 98.8 Å². The van der Waals surface area contributed by atoms with Crippen molar-refractivity contribution in [2.24, 2.45) is 0 Å². The van der Waals surface area contributed by atoms with Crippen molar-refractivity contribution in [2.75, 3.05) is 0 Å². The Labute approximate surface area is 219 Å². The van der Waals surface area contributed by atoms with Crippen molar-refractivity contribution in [1.29, 1.82) is 0 Å². The number of hydrogen-bond donors (Lipinski definition) is 1. The number of aromatic hydroxyl groups is 1. The van der Waals surface area contributed by atoms with Gasteiger partial charge in [0.15, 0.2) is 0 Å². The number of phenols is 1. The first-order valence-electron chi connectivity index (χ1n) is 11.1. The van der Waals surface area contributed by atoms with Crippen LogP contribution in [0.4, 0.5) is 0 Å². The molecule has 3 fully saturated rings. The number of fused-ring (bicyclic) bond motifs is 2. The van der Waals surface area contributed by atoms with E-state index in [9.17, 15) is 13.5 Å². The zero-order valence-electron chi connectivity index (χ0n) is 18.7. The van der Waals surface area contributed by atoms with Crippen molar-refractivity contribution in [2.45, 2.75) is 23.9 Å². The van der Waals surface area contributed by atoms with Crippen LogP contribution in [0.25, 0.3) is 5.57 Å². The molecule has 0 spiro atoms. The van der Waals surface area contributed by atoms with Gasteiger partial charge in [0.2, 0.25) is 0 Å². The van der Waals surface area contributed by atoms with Crippen molar-refractivity contribution < 1.29 is 39.5 Å². The first-order valence-corrected chi connectivity index (χ1v) is 12.6. The average Bonchev–Trinajstić information content (AvgIpc) is 3.65. The molecule has 2 bridgehead atoms. The van der Waals surface area contributed by atoms with E-state index in [0.29, 0.717) is 12.2 Å². The van der Waals surface area contributed by atoms with E-state index >= 15 is 0 Å². The Bertz CT molecular complexity index is 1100. The van der Waals surface area contributed by atoms with Gasteiger partial charge in [0.1, 0.15) is 22.9 Å². The summed E-state index contributed by atoms with van der Waals surface area (Å²) >= 11 is 0. The molecule has 1 N–H and O–H groups in total. The summed E-state index contributed by atoms with van der Waals surface area (Å²) in [6.07, 6.45) is 17.2. The fraction of sp³-hybridized carbons (Fsp3) is 0.143. The molecule has 0 aromatic heterocycles. The van der Waals surface area contributed by atoms with Gasteiger partial charge < -0.3 is 14.0 Å². The van der Waals surface area contributed by atoms with Gasteiger partial charge in [0.25, 0.3) is 0 Å². The van der Waals surface area contributed by atoms with Crippen LogP contribution in [0, 0.1) is 63.7 Å². The summed E-state index contributed by atoms with van der Waals surface area (Å²) in [5.74, 6) is 1.43. The second-order valence-corrected chi connectivity index (χ2v) is 9.98. The monoisotopic (exact) mass is 528 g/mol. The largest absolute Gasteiger partial charge is 2.00 e. The van der Waals surface area contributed by atoms with Crippen molar-refractivity contribution in [3.8, 4) is 11.5 Å². The van der Waals surface area contributed by atoms with Crippen LogP contribution < -0.4 is 4.18 Å². The topological polar surface area (TPSA) is 72.8 Å². The summed E-state index contributed by atoms with van der Waals surface area (Å²) in [6, 6.07) is 15.5. The Morgan fingerprint density at radius 2 is 1.40 bits per heavy atom. The van der Waals surface area contributed by atoms with E-state index in [4.69, 9.17) is 8.92 Å². The number of para-hydroxylation sites is 1. The SMILES string of the molecule is O=S(=O)(Oc1ccccc1)C1C[C@H]2O[C@@H]1C([C]1[CH][CH][CH][CH]1)=C2c1ccc(O)cc1.[CH]1[CH][CH][CH][CH]1.[Fe+2]. The van der Waals surface area contributed by atoms with Crippen LogP contribution in [-0.2, 0) is 31.9 Å². The number of hydrogen-bond acceptors (Lipinski definition) is 5. The number of benzene rings is 2. The standard InChI is InChI=1S/C23H19O5S.C5H5.Fe/c24-17-12-10-16(11-13-17)21-19-14-20(23(27-19)22(21)15-6-4-5-7-15)29(25,26)28-18-8-2-1-3-9-18;1-2-4-5-3-1;/h1-13,19-20,23-24H,14H2;1-5H;/q;;+2/t19-,20?,23+;;/m1../s1. The van der Waals surface area contributed by atoms with Gasteiger partial charge in [-0.25, -0.2) is 0 Å². The zero-order valence-corrected chi connectivity index (χ0v) is 20.6. The Balaban J connectivity index is 0.000000431. The molecule has 1 saturated heterocycles. The number of rotatable bonds is 5. The van der Waals surface area contributed by atoms with E-state index in [-0.39, 0.29) is 28.9 Å². The fourth-order valence-electron chi connectivity index (χ4n) is 4.54. The molecule has 2 heterocycles. The normalized spacial score (nSPS) is 25.8. The molecule has 1 unspecified atom stereocenters. The smallest absolute Gasteiger partial charge is 0.508 e. The maximum absolute atomic E-state index is 13.0. The van der Waals surface area contributed by atoms with Crippen LogP contribution in [0.3, 0.4) is 0 Å². The third-order valence-electron chi connectivity index (χ3n) is 6.03. The minimum absolute atomic E-state index is 0. The van der Waals surface area contributed by atoms with Gasteiger partial charge in [-0.2, -0.15) is 8.42 Å². The first-order chi connectivity index (χ1) is 16.5. The summed E-state index contributed by atoms with van der Waals surface area (Å²) in [6.45, 7) is 0. The third-order valence-corrected chi connectivity index (χ3v) is 7.63. The van der Waals surface area contributed by atoms with Gasteiger partial charge in [-0.3, -0.25) is 0 Å². The molecule has 4 aliphatic rings. The number of ether oxygens (including phenoxy) is 1. The minimum Gasteiger partial charge on any atom is -0.508 e. The fourth-order valence-corrected chi connectivity index (χ4v) is 5.96. The molecule has 2 saturated carbocycles. The molecule has 2 aliphatic carbocycles. The average molecular weight is 528 g/mol. The number of phenolic OH excluding ortho intramolecular Hbond substituents is 1. The van der Waals surface area contributed by atoms with E-state index in [1.54, 1.807) is 42.5 Å². The second-order valence-electron chi connectivity index (χ2n) is 8.22. The van der Waals surface area contributed by atoms with E-state index in [0.717, 1.165) is 22.6 Å². The van der Waals surface area contributed by atoms with Gasteiger partial charge in [0, 0.05) is 12.3 Å². The van der Waals surface area contributed by atoms with Crippen molar-refractivity contribution in [3.63, 3.8) is 0 Å². The molecule has 10 radical (unpaired) electrons. The minimum atomic E-state index is -3.88. The Hall–Kier alpha value is -1.79.